The molecule has 1 unspecified atom stereocenters. The third-order valence-electron chi connectivity index (χ3n) is 8.92. The standard InChI is InChI=1S/C41H76O2.C3H9N/c1-7-11-14-17-20-23-26-29-32-38(33-30-27-24-21-18-15-12-8-2)39(34-31-28-25-22-19-16-13-9-3)43-40(42)35-37-41(5,6)36-10-4;1-4(2)3/h20-25,38-39H,7-19,26-37H2,1-6H3;1-3H3/b23-20-,24-21-,25-22-;. The van der Waals surface area contributed by atoms with E-state index in [2.05, 4.69) is 78.0 Å². The lowest BCUT2D eigenvalue weighted by Crippen LogP contribution is -2.28. The molecule has 0 aliphatic heterocycles. The van der Waals surface area contributed by atoms with Crippen LogP contribution >= 0.6 is 0 Å². The molecule has 278 valence electrons. The predicted octanol–water partition coefficient (Wildman–Crippen LogP) is 14.2. The van der Waals surface area contributed by atoms with E-state index in [0.717, 1.165) is 57.8 Å². The Morgan fingerprint density at radius 2 is 0.915 bits per heavy atom. The monoisotopic (exact) mass is 660 g/mol. The number of unbranched alkanes of at least 4 members (excludes halogenated alkanes) is 12. The fourth-order valence-electron chi connectivity index (χ4n) is 6.05. The molecule has 0 bridgehead atoms. The molecule has 3 nitrogen and oxygen atoms in total. The quantitative estimate of drug-likeness (QED) is 0.0421. The molecule has 0 aliphatic rings. The molecule has 47 heavy (non-hydrogen) atoms. The van der Waals surface area contributed by atoms with Gasteiger partial charge in [-0.2, -0.15) is 0 Å². The van der Waals surface area contributed by atoms with Crippen LogP contribution in [0.15, 0.2) is 36.5 Å². The number of allylic oxidation sites excluding steroid dienone is 6. The summed E-state index contributed by atoms with van der Waals surface area (Å²) in [6.07, 6.45) is 43.7. The Morgan fingerprint density at radius 1 is 0.553 bits per heavy atom. The van der Waals surface area contributed by atoms with Crippen LogP contribution in [0, 0.1) is 11.3 Å². The first kappa shape index (κ1) is 47.8. The molecule has 0 aliphatic carbocycles. The zero-order chi connectivity index (χ0) is 35.4. The van der Waals surface area contributed by atoms with Crippen molar-refractivity contribution in [3.63, 3.8) is 0 Å². The maximum Gasteiger partial charge on any atom is 0.306 e. The summed E-state index contributed by atoms with van der Waals surface area (Å²) in [6.45, 7) is 13.6. The fraction of sp³-hybridized carbons (Fsp3) is 0.841. The maximum atomic E-state index is 13.2. The van der Waals surface area contributed by atoms with Crippen molar-refractivity contribution in [3.05, 3.63) is 36.5 Å². The highest BCUT2D eigenvalue weighted by Crippen LogP contribution is 2.30. The number of hydrogen-bond acceptors (Lipinski definition) is 3. The average Bonchev–Trinajstić information content (AvgIpc) is 3.02. The van der Waals surface area contributed by atoms with Crippen molar-refractivity contribution in [2.75, 3.05) is 21.1 Å². The molecule has 0 aromatic rings. The van der Waals surface area contributed by atoms with Gasteiger partial charge in [-0.25, -0.2) is 0 Å². The van der Waals surface area contributed by atoms with Crippen molar-refractivity contribution >= 4 is 5.97 Å². The van der Waals surface area contributed by atoms with Crippen LogP contribution in [0.25, 0.3) is 0 Å². The first-order valence-electron chi connectivity index (χ1n) is 20.4. The fourth-order valence-corrected chi connectivity index (χ4v) is 6.05. The van der Waals surface area contributed by atoms with Gasteiger partial charge < -0.3 is 9.64 Å². The normalized spacial score (nSPS) is 12.9. The Balaban J connectivity index is 0. The van der Waals surface area contributed by atoms with Crippen LogP contribution in [0.5, 0.6) is 0 Å². The summed E-state index contributed by atoms with van der Waals surface area (Å²) in [6, 6.07) is 0. The molecule has 0 aromatic heterocycles. The Hall–Kier alpha value is -1.35. The zero-order valence-corrected chi connectivity index (χ0v) is 33.6. The van der Waals surface area contributed by atoms with Crippen LogP contribution in [0.4, 0.5) is 0 Å². The second-order valence-corrected chi connectivity index (χ2v) is 15.2. The summed E-state index contributed by atoms with van der Waals surface area (Å²) in [4.78, 5) is 15.2. The van der Waals surface area contributed by atoms with Crippen LogP contribution in [0.2, 0.25) is 0 Å². The van der Waals surface area contributed by atoms with E-state index in [1.165, 1.54) is 96.3 Å². The van der Waals surface area contributed by atoms with Gasteiger partial charge in [0.25, 0.3) is 0 Å². The van der Waals surface area contributed by atoms with Gasteiger partial charge in [-0.05, 0) is 142 Å². The molecule has 0 aromatic carbocycles. The molecule has 0 heterocycles. The Kier molecular flexibility index (Phi) is 36.5. The van der Waals surface area contributed by atoms with E-state index in [1.54, 1.807) is 0 Å². The summed E-state index contributed by atoms with van der Waals surface area (Å²) >= 11 is 0. The molecular formula is C44H85NO2. The van der Waals surface area contributed by atoms with Crippen LogP contribution < -0.4 is 0 Å². The zero-order valence-electron chi connectivity index (χ0n) is 33.6. The highest BCUT2D eigenvalue weighted by molar-refractivity contribution is 5.69. The van der Waals surface area contributed by atoms with E-state index >= 15 is 0 Å². The average molecular weight is 660 g/mol. The minimum absolute atomic E-state index is 0.0286. The second kappa shape index (κ2) is 35.9. The molecule has 0 amide bonds. The smallest absolute Gasteiger partial charge is 0.306 e. The maximum absolute atomic E-state index is 13.2. The van der Waals surface area contributed by atoms with Gasteiger partial charge >= 0.3 is 5.97 Å². The molecule has 0 N–H and O–H groups in total. The van der Waals surface area contributed by atoms with Crippen LogP contribution in [-0.4, -0.2) is 38.1 Å². The predicted molar refractivity (Wildman–Crippen MR) is 212 cm³/mol. The van der Waals surface area contributed by atoms with Crippen molar-refractivity contribution in [1.29, 1.82) is 0 Å². The van der Waals surface area contributed by atoms with Crippen molar-refractivity contribution in [2.24, 2.45) is 11.3 Å². The topological polar surface area (TPSA) is 29.5 Å². The van der Waals surface area contributed by atoms with E-state index in [0.29, 0.717) is 12.3 Å². The van der Waals surface area contributed by atoms with Gasteiger partial charge in [0.1, 0.15) is 6.10 Å². The molecule has 0 saturated heterocycles. The largest absolute Gasteiger partial charge is 0.462 e. The van der Waals surface area contributed by atoms with E-state index < -0.39 is 0 Å². The number of ether oxygens (including phenoxy) is 1. The molecule has 0 radical (unpaired) electrons. The molecule has 0 spiro atoms. The third-order valence-corrected chi connectivity index (χ3v) is 8.92. The molecule has 0 rings (SSSR count). The van der Waals surface area contributed by atoms with Crippen molar-refractivity contribution in [2.45, 2.75) is 208 Å². The number of rotatable bonds is 31. The second-order valence-electron chi connectivity index (χ2n) is 15.2. The summed E-state index contributed by atoms with van der Waals surface area (Å²) in [5.41, 5.74) is 0.207. The summed E-state index contributed by atoms with van der Waals surface area (Å²) < 4.78 is 6.39. The number of carbonyl (C=O) groups is 1. The van der Waals surface area contributed by atoms with Gasteiger partial charge in [0, 0.05) is 6.42 Å². The van der Waals surface area contributed by atoms with E-state index in [1.807, 2.05) is 26.0 Å². The van der Waals surface area contributed by atoms with E-state index in [-0.39, 0.29) is 17.5 Å². The van der Waals surface area contributed by atoms with Crippen molar-refractivity contribution in [3.8, 4) is 0 Å². The minimum Gasteiger partial charge on any atom is -0.462 e. The first-order chi connectivity index (χ1) is 22.6. The van der Waals surface area contributed by atoms with E-state index in [9.17, 15) is 4.79 Å². The Morgan fingerprint density at radius 3 is 1.28 bits per heavy atom. The van der Waals surface area contributed by atoms with Crippen LogP contribution in [0.3, 0.4) is 0 Å². The van der Waals surface area contributed by atoms with E-state index in [4.69, 9.17) is 4.74 Å². The highest BCUT2D eigenvalue weighted by Gasteiger charge is 2.26. The van der Waals surface area contributed by atoms with Crippen molar-refractivity contribution in [1.82, 2.24) is 4.90 Å². The minimum atomic E-state index is 0.0286. The van der Waals surface area contributed by atoms with Gasteiger partial charge in [0.2, 0.25) is 0 Å². The van der Waals surface area contributed by atoms with Gasteiger partial charge in [-0.1, -0.05) is 123 Å². The van der Waals surface area contributed by atoms with Crippen LogP contribution in [-0.2, 0) is 9.53 Å². The number of hydrogen-bond donors (Lipinski definition) is 0. The number of nitrogens with zero attached hydrogens (tertiary/aromatic N) is 1. The summed E-state index contributed by atoms with van der Waals surface area (Å²) in [5.74, 6) is 0.490. The lowest BCUT2D eigenvalue weighted by Gasteiger charge is -2.29. The Labute approximate surface area is 296 Å². The molecular weight excluding hydrogens is 574 g/mol. The molecule has 1 atom stereocenters. The molecule has 0 fully saturated rings. The summed E-state index contributed by atoms with van der Waals surface area (Å²) in [5, 5.41) is 0. The number of esters is 1. The first-order valence-corrected chi connectivity index (χ1v) is 20.4. The molecule has 0 saturated carbocycles. The van der Waals surface area contributed by atoms with Gasteiger partial charge in [0.05, 0.1) is 0 Å². The Bertz CT molecular complexity index is 706. The highest BCUT2D eigenvalue weighted by atomic mass is 16.5. The SMILES string of the molecule is CCCCC/C=C\CCCC(CCC/C=C\CCCCC)C(CCC/C=C\CCCCC)OC(=O)CCC(C)(C)CCC.CN(C)C. The van der Waals surface area contributed by atoms with Gasteiger partial charge in [-0.15, -0.1) is 0 Å². The number of carbonyl (C=O) groups excluding carboxylic acids is 1. The lowest BCUT2D eigenvalue weighted by molar-refractivity contribution is -0.153. The molecule has 3 heteroatoms. The lowest BCUT2D eigenvalue weighted by atomic mass is 9.83. The van der Waals surface area contributed by atoms with Crippen molar-refractivity contribution < 1.29 is 9.53 Å². The van der Waals surface area contributed by atoms with Crippen LogP contribution in [0.1, 0.15) is 202 Å². The van der Waals surface area contributed by atoms with Gasteiger partial charge in [-0.3, -0.25) is 4.79 Å². The summed E-state index contributed by atoms with van der Waals surface area (Å²) in [7, 11) is 6.00. The van der Waals surface area contributed by atoms with Gasteiger partial charge in [0.15, 0.2) is 0 Å². The third kappa shape index (κ3) is 37.3.